The number of aliphatic hydroxyl groups excluding tert-OH is 1. The van der Waals surface area contributed by atoms with Gasteiger partial charge in [-0.25, -0.2) is 4.98 Å². The van der Waals surface area contributed by atoms with Crippen LogP contribution in [0, 0.1) is 0 Å². The van der Waals surface area contributed by atoms with Crippen molar-refractivity contribution in [3.63, 3.8) is 0 Å². The average molecular weight is 373 g/mol. The van der Waals surface area contributed by atoms with Crippen LogP contribution < -0.4 is 10.1 Å². The van der Waals surface area contributed by atoms with Crippen molar-refractivity contribution in [1.29, 1.82) is 0 Å². The number of imidazole rings is 1. The van der Waals surface area contributed by atoms with Gasteiger partial charge >= 0.3 is 0 Å². The summed E-state index contributed by atoms with van der Waals surface area (Å²) >= 11 is 0. The molecule has 0 fully saturated rings. The number of benzene rings is 3. The molecule has 28 heavy (non-hydrogen) atoms. The molecule has 3 aromatic carbocycles. The van der Waals surface area contributed by atoms with Crippen molar-refractivity contribution in [2.45, 2.75) is 13.2 Å². The summed E-state index contributed by atoms with van der Waals surface area (Å²) in [6.45, 7) is -0.161. The number of hydrogen-bond donors (Lipinski definition) is 2. The number of aromatic nitrogens is 2. The molecule has 0 aliphatic heterocycles. The molecule has 140 valence electrons. The maximum Gasteiger partial charge on any atom is 0.244 e. The number of rotatable bonds is 6. The van der Waals surface area contributed by atoms with Gasteiger partial charge in [0.1, 0.15) is 30.5 Å². The zero-order valence-electron chi connectivity index (χ0n) is 15.1. The molecule has 0 saturated carbocycles. The summed E-state index contributed by atoms with van der Waals surface area (Å²) in [6.07, 6.45) is 0. The van der Waals surface area contributed by atoms with Gasteiger partial charge in [0.15, 0.2) is 0 Å². The third kappa shape index (κ3) is 3.87. The molecular weight excluding hydrogens is 354 g/mol. The second-order valence-corrected chi connectivity index (χ2v) is 6.25. The van der Waals surface area contributed by atoms with Crippen molar-refractivity contribution in [3.05, 3.63) is 84.7 Å². The minimum absolute atomic E-state index is 0.0681. The van der Waals surface area contributed by atoms with Crippen molar-refractivity contribution in [3.8, 4) is 11.5 Å². The molecule has 6 heteroatoms. The lowest BCUT2D eigenvalue weighted by Gasteiger charge is -2.10. The fraction of sp³-hybridized carbons (Fsp3) is 0.0909. The number of fused-ring (bicyclic) bond motifs is 1. The van der Waals surface area contributed by atoms with Crippen molar-refractivity contribution in [2.24, 2.45) is 0 Å². The summed E-state index contributed by atoms with van der Waals surface area (Å²) in [7, 11) is 0. The predicted octanol–water partition coefficient (Wildman–Crippen LogP) is 3.96. The fourth-order valence-electron chi connectivity index (χ4n) is 3.00. The van der Waals surface area contributed by atoms with Gasteiger partial charge in [0, 0.05) is 5.69 Å². The summed E-state index contributed by atoms with van der Waals surface area (Å²) in [5.74, 6) is 1.70. The molecule has 0 aliphatic rings. The third-order valence-corrected chi connectivity index (χ3v) is 4.29. The van der Waals surface area contributed by atoms with Gasteiger partial charge in [-0.05, 0) is 48.5 Å². The van der Waals surface area contributed by atoms with Gasteiger partial charge in [0.25, 0.3) is 0 Å². The number of anilines is 1. The van der Waals surface area contributed by atoms with E-state index < -0.39 is 0 Å². The lowest BCUT2D eigenvalue weighted by atomic mass is 10.3. The number of ether oxygens (including phenoxy) is 1. The van der Waals surface area contributed by atoms with Gasteiger partial charge in [0.2, 0.25) is 5.91 Å². The topological polar surface area (TPSA) is 76.4 Å². The monoisotopic (exact) mass is 373 g/mol. The van der Waals surface area contributed by atoms with E-state index in [1.54, 1.807) is 28.8 Å². The first-order valence-corrected chi connectivity index (χ1v) is 8.91. The summed E-state index contributed by atoms with van der Waals surface area (Å²) in [5.41, 5.74) is 2.23. The molecule has 0 saturated heterocycles. The molecule has 0 unspecified atom stereocenters. The van der Waals surface area contributed by atoms with Gasteiger partial charge in [-0.15, -0.1) is 0 Å². The van der Waals surface area contributed by atoms with E-state index in [-0.39, 0.29) is 19.1 Å². The number of hydrogen-bond acceptors (Lipinski definition) is 4. The van der Waals surface area contributed by atoms with Crippen LogP contribution in [0.25, 0.3) is 11.0 Å². The number of para-hydroxylation sites is 3. The maximum absolute atomic E-state index is 12.5. The second-order valence-electron chi connectivity index (χ2n) is 6.25. The zero-order valence-corrected chi connectivity index (χ0v) is 15.1. The second kappa shape index (κ2) is 7.94. The van der Waals surface area contributed by atoms with Crippen LogP contribution in [0.5, 0.6) is 11.5 Å². The first-order valence-electron chi connectivity index (χ1n) is 8.91. The molecule has 2 N–H and O–H groups in total. The molecular formula is C22H19N3O3. The van der Waals surface area contributed by atoms with Gasteiger partial charge in [-0.2, -0.15) is 0 Å². The van der Waals surface area contributed by atoms with E-state index in [9.17, 15) is 9.90 Å². The van der Waals surface area contributed by atoms with Crippen LogP contribution in [0.1, 0.15) is 5.82 Å². The molecule has 4 aromatic rings. The highest BCUT2D eigenvalue weighted by Crippen LogP contribution is 2.23. The Morgan fingerprint density at radius 3 is 2.36 bits per heavy atom. The molecule has 1 heterocycles. The molecule has 6 nitrogen and oxygen atoms in total. The maximum atomic E-state index is 12.5. The van der Waals surface area contributed by atoms with Crippen LogP contribution in [0.4, 0.5) is 5.69 Å². The standard InChI is InChI=1S/C22H19N3O3/c26-15-21-24-19-8-4-5-9-20(19)25(21)14-22(27)23-16-10-12-18(13-11-16)28-17-6-2-1-3-7-17/h1-13,26H,14-15H2,(H,23,27). The molecule has 1 aromatic heterocycles. The Bertz CT molecular complexity index is 1090. The van der Waals surface area contributed by atoms with E-state index in [1.165, 1.54) is 0 Å². The van der Waals surface area contributed by atoms with E-state index in [1.807, 2.05) is 54.6 Å². The van der Waals surface area contributed by atoms with Crippen LogP contribution in [-0.4, -0.2) is 20.6 Å². The number of aliphatic hydroxyl groups is 1. The first kappa shape index (κ1) is 17.8. The molecule has 0 bridgehead atoms. The Kier molecular flexibility index (Phi) is 5.03. The van der Waals surface area contributed by atoms with Gasteiger partial charge < -0.3 is 19.7 Å². The van der Waals surface area contributed by atoms with Gasteiger partial charge in [-0.3, -0.25) is 4.79 Å². The van der Waals surface area contributed by atoms with Crippen molar-refractivity contribution >= 4 is 22.6 Å². The van der Waals surface area contributed by atoms with Crippen LogP contribution in [0.3, 0.4) is 0 Å². The summed E-state index contributed by atoms with van der Waals surface area (Å²) in [5, 5.41) is 12.4. The SMILES string of the molecule is O=C(Cn1c(CO)nc2ccccc21)Nc1ccc(Oc2ccccc2)cc1. The van der Waals surface area contributed by atoms with E-state index in [2.05, 4.69) is 10.3 Å². The summed E-state index contributed by atoms with van der Waals surface area (Å²) in [6, 6.07) is 24.2. The zero-order chi connectivity index (χ0) is 19.3. The number of nitrogens with one attached hydrogen (secondary N) is 1. The Balaban J connectivity index is 1.44. The largest absolute Gasteiger partial charge is 0.457 e. The highest BCUT2D eigenvalue weighted by Gasteiger charge is 2.13. The van der Waals surface area contributed by atoms with Crippen LogP contribution in [0.15, 0.2) is 78.9 Å². The number of carbonyl (C=O) groups excluding carboxylic acids is 1. The summed E-state index contributed by atoms with van der Waals surface area (Å²) in [4.78, 5) is 16.9. The van der Waals surface area contributed by atoms with Crippen molar-refractivity contribution in [1.82, 2.24) is 9.55 Å². The van der Waals surface area contributed by atoms with E-state index >= 15 is 0 Å². The highest BCUT2D eigenvalue weighted by atomic mass is 16.5. The molecule has 0 radical (unpaired) electrons. The smallest absolute Gasteiger partial charge is 0.244 e. The molecule has 0 atom stereocenters. The first-order chi connectivity index (χ1) is 13.7. The van der Waals surface area contributed by atoms with Crippen molar-refractivity contribution in [2.75, 3.05) is 5.32 Å². The summed E-state index contributed by atoms with van der Waals surface area (Å²) < 4.78 is 7.47. The quantitative estimate of drug-likeness (QED) is 0.536. The van der Waals surface area contributed by atoms with Crippen molar-refractivity contribution < 1.29 is 14.6 Å². The van der Waals surface area contributed by atoms with Crippen LogP contribution >= 0.6 is 0 Å². The Morgan fingerprint density at radius 2 is 1.61 bits per heavy atom. The lowest BCUT2D eigenvalue weighted by molar-refractivity contribution is -0.116. The fourth-order valence-corrected chi connectivity index (χ4v) is 3.00. The molecule has 4 rings (SSSR count). The van der Waals surface area contributed by atoms with Crippen LogP contribution in [-0.2, 0) is 17.9 Å². The minimum atomic E-state index is -0.229. The predicted molar refractivity (Wildman–Crippen MR) is 107 cm³/mol. The van der Waals surface area contributed by atoms with Gasteiger partial charge in [0.05, 0.1) is 11.0 Å². The van der Waals surface area contributed by atoms with Crippen LogP contribution in [0.2, 0.25) is 0 Å². The molecule has 0 aliphatic carbocycles. The van der Waals surface area contributed by atoms with Gasteiger partial charge in [-0.1, -0.05) is 30.3 Å². The van der Waals surface area contributed by atoms with E-state index in [0.29, 0.717) is 17.3 Å². The lowest BCUT2D eigenvalue weighted by Crippen LogP contribution is -2.20. The molecule has 0 spiro atoms. The van der Waals surface area contributed by atoms with E-state index in [4.69, 9.17) is 4.74 Å². The normalized spacial score (nSPS) is 10.8. The Labute approximate surface area is 162 Å². The number of carbonyl (C=O) groups is 1. The third-order valence-electron chi connectivity index (χ3n) is 4.29. The minimum Gasteiger partial charge on any atom is -0.457 e. The average Bonchev–Trinajstić information content (AvgIpc) is 3.08. The highest BCUT2D eigenvalue weighted by molar-refractivity contribution is 5.91. The van der Waals surface area contributed by atoms with E-state index in [0.717, 1.165) is 16.8 Å². The Morgan fingerprint density at radius 1 is 0.929 bits per heavy atom. The number of amides is 1. The molecule has 1 amide bonds. The Hall–Kier alpha value is -3.64. The number of nitrogens with zero attached hydrogens (tertiary/aromatic N) is 2.